The molecule has 2 unspecified atom stereocenters. The van der Waals surface area contributed by atoms with E-state index in [4.69, 9.17) is 4.74 Å². The molecule has 0 saturated heterocycles. The van der Waals surface area contributed by atoms with Gasteiger partial charge in [-0.2, -0.15) is 0 Å². The van der Waals surface area contributed by atoms with E-state index in [0.29, 0.717) is 18.3 Å². The van der Waals surface area contributed by atoms with E-state index in [1.54, 1.807) is 0 Å². The van der Waals surface area contributed by atoms with Gasteiger partial charge < -0.3 is 4.74 Å². The second-order valence-electron chi connectivity index (χ2n) is 5.93. The SMILES string of the molecule is CCC1CCCCC1C(=O)COC(C)(C)C. The molecule has 1 aliphatic carbocycles. The molecule has 0 radical (unpaired) electrons. The Hall–Kier alpha value is -0.370. The fourth-order valence-electron chi connectivity index (χ4n) is 2.51. The summed E-state index contributed by atoms with van der Waals surface area (Å²) in [4.78, 5) is 12.1. The van der Waals surface area contributed by atoms with Gasteiger partial charge in [-0.25, -0.2) is 0 Å². The zero-order valence-corrected chi connectivity index (χ0v) is 11.2. The summed E-state index contributed by atoms with van der Waals surface area (Å²) in [6.45, 7) is 8.49. The van der Waals surface area contributed by atoms with Crippen LogP contribution in [0.1, 0.15) is 59.8 Å². The topological polar surface area (TPSA) is 26.3 Å². The van der Waals surface area contributed by atoms with Crippen molar-refractivity contribution in [3.8, 4) is 0 Å². The minimum absolute atomic E-state index is 0.202. The molecule has 2 atom stereocenters. The monoisotopic (exact) mass is 226 g/mol. The Morgan fingerprint density at radius 3 is 2.44 bits per heavy atom. The van der Waals surface area contributed by atoms with Crippen molar-refractivity contribution in [2.45, 2.75) is 65.4 Å². The van der Waals surface area contributed by atoms with Crippen LogP contribution in [0.4, 0.5) is 0 Å². The van der Waals surface area contributed by atoms with Gasteiger partial charge in [-0.15, -0.1) is 0 Å². The highest BCUT2D eigenvalue weighted by Gasteiger charge is 2.30. The van der Waals surface area contributed by atoms with Crippen LogP contribution in [-0.4, -0.2) is 18.0 Å². The molecule has 1 fully saturated rings. The Balaban J connectivity index is 2.45. The van der Waals surface area contributed by atoms with Crippen molar-refractivity contribution in [1.82, 2.24) is 0 Å². The predicted molar refractivity (Wildman–Crippen MR) is 66.5 cm³/mol. The fourth-order valence-corrected chi connectivity index (χ4v) is 2.51. The van der Waals surface area contributed by atoms with Crippen molar-refractivity contribution in [1.29, 1.82) is 0 Å². The first kappa shape index (κ1) is 13.7. The molecule has 0 aliphatic heterocycles. The minimum Gasteiger partial charge on any atom is -0.368 e. The van der Waals surface area contributed by atoms with Crippen LogP contribution in [-0.2, 0) is 9.53 Å². The number of ketones is 1. The number of ether oxygens (including phenoxy) is 1. The van der Waals surface area contributed by atoms with Gasteiger partial charge >= 0.3 is 0 Å². The average Bonchev–Trinajstić information content (AvgIpc) is 2.25. The second kappa shape index (κ2) is 5.81. The van der Waals surface area contributed by atoms with Gasteiger partial charge in [-0.1, -0.05) is 26.2 Å². The maximum atomic E-state index is 12.1. The summed E-state index contributed by atoms with van der Waals surface area (Å²) in [5.41, 5.74) is -0.202. The smallest absolute Gasteiger partial charge is 0.161 e. The van der Waals surface area contributed by atoms with E-state index in [9.17, 15) is 4.79 Å². The molecule has 0 aromatic carbocycles. The van der Waals surface area contributed by atoms with Gasteiger partial charge in [0.1, 0.15) is 6.61 Å². The summed E-state index contributed by atoms with van der Waals surface area (Å²) in [6, 6.07) is 0. The fraction of sp³-hybridized carbons (Fsp3) is 0.929. The molecular weight excluding hydrogens is 200 g/mol. The number of hydrogen-bond acceptors (Lipinski definition) is 2. The van der Waals surface area contributed by atoms with Crippen molar-refractivity contribution in [3.63, 3.8) is 0 Å². The molecule has 0 N–H and O–H groups in total. The highest BCUT2D eigenvalue weighted by atomic mass is 16.5. The molecule has 0 bridgehead atoms. The van der Waals surface area contributed by atoms with Crippen molar-refractivity contribution in [3.05, 3.63) is 0 Å². The maximum absolute atomic E-state index is 12.1. The van der Waals surface area contributed by atoms with Gasteiger partial charge in [-0.3, -0.25) is 4.79 Å². The van der Waals surface area contributed by atoms with E-state index >= 15 is 0 Å². The molecule has 0 aromatic rings. The lowest BCUT2D eigenvalue weighted by molar-refractivity contribution is -0.135. The zero-order valence-electron chi connectivity index (χ0n) is 11.2. The van der Waals surface area contributed by atoms with Crippen LogP contribution >= 0.6 is 0 Å². The van der Waals surface area contributed by atoms with Gasteiger partial charge in [0.05, 0.1) is 5.60 Å². The van der Waals surface area contributed by atoms with E-state index in [0.717, 1.165) is 12.8 Å². The van der Waals surface area contributed by atoms with E-state index < -0.39 is 0 Å². The van der Waals surface area contributed by atoms with E-state index in [1.165, 1.54) is 19.3 Å². The Kier molecular flexibility index (Phi) is 4.97. The summed E-state index contributed by atoms with van der Waals surface area (Å²) < 4.78 is 5.59. The van der Waals surface area contributed by atoms with Crippen LogP contribution in [0.25, 0.3) is 0 Å². The van der Waals surface area contributed by atoms with E-state index in [2.05, 4.69) is 6.92 Å². The van der Waals surface area contributed by atoms with Crippen LogP contribution in [0.3, 0.4) is 0 Å². The molecule has 0 aromatic heterocycles. The number of hydrogen-bond donors (Lipinski definition) is 0. The molecule has 1 aliphatic rings. The Labute approximate surface area is 99.8 Å². The molecule has 16 heavy (non-hydrogen) atoms. The minimum atomic E-state index is -0.202. The van der Waals surface area contributed by atoms with Gasteiger partial charge in [0.2, 0.25) is 0 Å². The Morgan fingerprint density at radius 2 is 1.88 bits per heavy atom. The van der Waals surface area contributed by atoms with Crippen LogP contribution in [0.2, 0.25) is 0 Å². The predicted octanol–water partition coefficient (Wildman–Crippen LogP) is 3.59. The number of carbonyl (C=O) groups is 1. The van der Waals surface area contributed by atoms with Crippen molar-refractivity contribution >= 4 is 5.78 Å². The summed E-state index contributed by atoms with van der Waals surface area (Å²) >= 11 is 0. The standard InChI is InChI=1S/C14H26O2/c1-5-11-8-6-7-9-12(11)13(15)10-16-14(2,3)4/h11-12H,5-10H2,1-4H3. The third-order valence-corrected chi connectivity index (χ3v) is 3.49. The van der Waals surface area contributed by atoms with Gasteiger partial charge in [0, 0.05) is 5.92 Å². The molecule has 0 heterocycles. The van der Waals surface area contributed by atoms with Gasteiger partial charge in [0.25, 0.3) is 0 Å². The van der Waals surface area contributed by atoms with Crippen molar-refractivity contribution in [2.75, 3.05) is 6.61 Å². The van der Waals surface area contributed by atoms with E-state index in [-0.39, 0.29) is 11.5 Å². The number of Topliss-reactive ketones (excluding diaryl/α,β-unsaturated/α-hetero) is 1. The van der Waals surface area contributed by atoms with Crippen molar-refractivity contribution < 1.29 is 9.53 Å². The lowest BCUT2D eigenvalue weighted by Crippen LogP contribution is -2.32. The average molecular weight is 226 g/mol. The normalized spacial score (nSPS) is 26.8. The highest BCUT2D eigenvalue weighted by molar-refractivity contribution is 5.82. The summed E-state index contributed by atoms with van der Waals surface area (Å²) in [5, 5.41) is 0. The number of carbonyl (C=O) groups excluding carboxylic acids is 1. The first-order valence-electron chi connectivity index (χ1n) is 6.60. The molecular formula is C14H26O2. The largest absolute Gasteiger partial charge is 0.368 e. The maximum Gasteiger partial charge on any atom is 0.161 e. The lowest BCUT2D eigenvalue weighted by Gasteiger charge is -2.30. The molecule has 0 spiro atoms. The zero-order chi connectivity index (χ0) is 12.2. The summed E-state index contributed by atoms with van der Waals surface area (Å²) in [7, 11) is 0. The van der Waals surface area contributed by atoms with Crippen molar-refractivity contribution in [2.24, 2.45) is 11.8 Å². The van der Waals surface area contributed by atoms with Crippen LogP contribution in [0.15, 0.2) is 0 Å². The molecule has 0 amide bonds. The van der Waals surface area contributed by atoms with Crippen LogP contribution in [0.5, 0.6) is 0 Å². The first-order valence-corrected chi connectivity index (χ1v) is 6.60. The number of rotatable bonds is 4. The molecule has 1 saturated carbocycles. The Bertz CT molecular complexity index is 227. The lowest BCUT2D eigenvalue weighted by atomic mass is 9.76. The molecule has 1 rings (SSSR count). The third kappa shape index (κ3) is 4.25. The first-order chi connectivity index (χ1) is 7.44. The molecule has 2 nitrogen and oxygen atoms in total. The van der Waals surface area contributed by atoms with Gasteiger partial charge in [0.15, 0.2) is 5.78 Å². The van der Waals surface area contributed by atoms with Gasteiger partial charge in [-0.05, 0) is 39.5 Å². The summed E-state index contributed by atoms with van der Waals surface area (Å²) in [6.07, 6.45) is 5.93. The Morgan fingerprint density at radius 1 is 1.25 bits per heavy atom. The van der Waals surface area contributed by atoms with Crippen LogP contribution in [0, 0.1) is 11.8 Å². The quantitative estimate of drug-likeness (QED) is 0.732. The highest BCUT2D eigenvalue weighted by Crippen LogP contribution is 2.33. The second-order valence-corrected chi connectivity index (χ2v) is 5.93. The molecule has 2 heteroatoms. The third-order valence-electron chi connectivity index (χ3n) is 3.49. The summed E-state index contributed by atoms with van der Waals surface area (Å²) in [5.74, 6) is 1.19. The van der Waals surface area contributed by atoms with E-state index in [1.807, 2.05) is 20.8 Å². The molecule has 94 valence electrons. The van der Waals surface area contributed by atoms with Crippen LogP contribution < -0.4 is 0 Å².